The average molecular weight is 337 g/mol. The number of carbonyl (C=O) groups is 2. The molecular weight excluding hydrogens is 325 g/mol. The maximum atomic E-state index is 12.8. The summed E-state index contributed by atoms with van der Waals surface area (Å²) in [5, 5.41) is 9.38. The minimum atomic E-state index is -4.69. The number of hydrogen-bond donors (Lipinski definition) is 2. The lowest BCUT2D eigenvalue weighted by Gasteiger charge is -2.20. The quantitative estimate of drug-likeness (QED) is 0.856. The van der Waals surface area contributed by atoms with Gasteiger partial charge < -0.3 is 15.7 Å². The van der Waals surface area contributed by atoms with Gasteiger partial charge in [-0.05, 0) is 18.2 Å². The number of hydrogen-bond acceptors (Lipinski definition) is 3. The Kier molecular flexibility index (Phi) is 4.09. The summed E-state index contributed by atoms with van der Waals surface area (Å²) in [4.78, 5) is 24.4. The summed E-state index contributed by atoms with van der Waals surface area (Å²) in [7, 11) is 0. The highest BCUT2D eigenvalue weighted by Crippen LogP contribution is 2.35. The number of primary amides is 1. The Labute approximate surface area is 128 Å². The summed E-state index contributed by atoms with van der Waals surface area (Å²) >= 11 is 5.49. The Morgan fingerprint density at radius 3 is 2.50 bits per heavy atom. The zero-order valence-corrected chi connectivity index (χ0v) is 11.9. The molecule has 0 spiro atoms. The van der Waals surface area contributed by atoms with E-state index in [9.17, 15) is 27.9 Å². The van der Waals surface area contributed by atoms with Gasteiger partial charge in [0.1, 0.15) is 0 Å². The van der Waals surface area contributed by atoms with Gasteiger partial charge in [-0.2, -0.15) is 13.2 Å². The minimum Gasteiger partial charge on any atom is -0.378 e. The number of aliphatic hydroxyl groups is 1. The third kappa shape index (κ3) is 3.02. The number of nitrogens with zero attached hydrogens (tertiary/aromatic N) is 1. The Morgan fingerprint density at radius 1 is 1.36 bits per heavy atom. The summed E-state index contributed by atoms with van der Waals surface area (Å²) in [6, 6.07) is 2.78. The molecule has 1 heterocycles. The molecule has 1 aliphatic rings. The van der Waals surface area contributed by atoms with E-state index in [1.54, 1.807) is 0 Å². The fourth-order valence-corrected chi connectivity index (χ4v) is 2.45. The normalized spacial score (nSPS) is 22.0. The van der Waals surface area contributed by atoms with Crippen LogP contribution < -0.4 is 5.73 Å². The summed E-state index contributed by atoms with van der Waals surface area (Å²) in [6.07, 6.45) is -4.75. The Balaban J connectivity index is 2.27. The van der Waals surface area contributed by atoms with Gasteiger partial charge in [-0.1, -0.05) is 11.6 Å². The lowest BCUT2D eigenvalue weighted by molar-refractivity contribution is -0.137. The molecule has 1 aromatic carbocycles. The van der Waals surface area contributed by atoms with Crippen LogP contribution in [0.1, 0.15) is 22.3 Å². The molecule has 9 heteroatoms. The molecule has 0 bridgehead atoms. The van der Waals surface area contributed by atoms with Crippen molar-refractivity contribution in [2.75, 3.05) is 13.1 Å². The second-order valence-electron chi connectivity index (χ2n) is 5.06. The molecule has 0 aliphatic carbocycles. The van der Waals surface area contributed by atoms with Crippen molar-refractivity contribution < 1.29 is 27.9 Å². The first-order valence-corrected chi connectivity index (χ1v) is 6.61. The van der Waals surface area contributed by atoms with Crippen molar-refractivity contribution in [3.8, 4) is 0 Å². The molecule has 5 nitrogen and oxygen atoms in total. The second-order valence-corrected chi connectivity index (χ2v) is 5.47. The molecule has 22 heavy (non-hydrogen) atoms. The van der Waals surface area contributed by atoms with Crippen LogP contribution in [0.15, 0.2) is 18.2 Å². The molecule has 120 valence electrons. The molecule has 0 saturated carbocycles. The number of β-amino-alcohol motifs (C(OH)–C–C–N with tert-alkyl or cyclic N) is 1. The average Bonchev–Trinajstić information content (AvgIpc) is 2.81. The van der Waals surface area contributed by atoms with Crippen molar-refractivity contribution in [1.82, 2.24) is 4.90 Å². The van der Waals surface area contributed by atoms with E-state index in [4.69, 9.17) is 17.3 Å². The number of nitrogens with two attached hydrogens (primary N) is 1. The van der Waals surface area contributed by atoms with Crippen LogP contribution >= 0.6 is 11.6 Å². The summed E-state index contributed by atoms with van der Waals surface area (Å²) in [6.45, 7) is -0.340. The highest BCUT2D eigenvalue weighted by molar-refractivity contribution is 6.31. The SMILES string of the molecule is NC(=O)[C@]1(O)CCN(C(=O)c2ccc(Cl)c(C(F)(F)F)c2)C1. The van der Waals surface area contributed by atoms with E-state index in [1.807, 2.05) is 0 Å². The Morgan fingerprint density at radius 2 is 2.00 bits per heavy atom. The van der Waals surface area contributed by atoms with Crippen LogP contribution in [0.4, 0.5) is 13.2 Å². The molecule has 1 aromatic rings. The first kappa shape index (κ1) is 16.6. The topological polar surface area (TPSA) is 83.6 Å². The van der Waals surface area contributed by atoms with Crippen LogP contribution in [0.3, 0.4) is 0 Å². The lowest BCUT2D eigenvalue weighted by atomic mass is 10.0. The molecule has 1 aliphatic heterocycles. The predicted octanol–water partition coefficient (Wildman–Crippen LogP) is 1.42. The minimum absolute atomic E-state index is 0.0161. The fraction of sp³-hybridized carbons (Fsp3) is 0.385. The van der Waals surface area contributed by atoms with Crippen molar-refractivity contribution >= 4 is 23.4 Å². The van der Waals surface area contributed by atoms with Gasteiger partial charge in [-0.3, -0.25) is 9.59 Å². The van der Waals surface area contributed by atoms with Gasteiger partial charge in [-0.25, -0.2) is 0 Å². The van der Waals surface area contributed by atoms with E-state index in [2.05, 4.69) is 0 Å². The first-order valence-electron chi connectivity index (χ1n) is 6.23. The summed E-state index contributed by atoms with van der Waals surface area (Å²) in [5.41, 5.74) is 1.84. The van der Waals surface area contributed by atoms with E-state index in [-0.39, 0.29) is 25.1 Å². The standard InChI is InChI=1S/C13H12ClF3N2O3/c14-9-2-1-7(5-8(9)13(15,16)17)10(20)19-4-3-12(22,6-19)11(18)21/h1-2,5,22H,3-4,6H2,(H2,18,21)/t12-/m0/s1. The van der Waals surface area contributed by atoms with Crippen LogP contribution in [-0.2, 0) is 11.0 Å². The van der Waals surface area contributed by atoms with Gasteiger partial charge in [0.05, 0.1) is 17.1 Å². The van der Waals surface area contributed by atoms with Gasteiger partial charge in [-0.15, -0.1) is 0 Å². The number of halogens is 4. The molecule has 2 rings (SSSR count). The van der Waals surface area contributed by atoms with Crippen LogP contribution in [0.5, 0.6) is 0 Å². The van der Waals surface area contributed by atoms with E-state index in [0.717, 1.165) is 17.0 Å². The molecule has 0 radical (unpaired) electrons. The number of amides is 2. The molecule has 1 saturated heterocycles. The third-order valence-corrected chi connectivity index (χ3v) is 3.84. The monoisotopic (exact) mass is 336 g/mol. The fourth-order valence-electron chi connectivity index (χ4n) is 2.23. The molecule has 0 unspecified atom stereocenters. The third-order valence-electron chi connectivity index (χ3n) is 3.51. The van der Waals surface area contributed by atoms with Crippen molar-refractivity contribution in [2.45, 2.75) is 18.2 Å². The number of likely N-dealkylation sites (tertiary alicyclic amines) is 1. The largest absolute Gasteiger partial charge is 0.417 e. The van der Waals surface area contributed by atoms with Gasteiger partial charge in [0.2, 0.25) is 0 Å². The zero-order chi connectivity index (χ0) is 16.7. The maximum absolute atomic E-state index is 12.8. The van der Waals surface area contributed by atoms with Gasteiger partial charge in [0, 0.05) is 18.5 Å². The zero-order valence-electron chi connectivity index (χ0n) is 11.2. The molecule has 2 amide bonds. The number of carbonyl (C=O) groups excluding carboxylic acids is 2. The van der Waals surface area contributed by atoms with E-state index in [1.165, 1.54) is 0 Å². The highest BCUT2D eigenvalue weighted by atomic mass is 35.5. The van der Waals surface area contributed by atoms with E-state index < -0.39 is 34.2 Å². The highest BCUT2D eigenvalue weighted by Gasteiger charge is 2.43. The number of benzene rings is 1. The number of rotatable bonds is 2. The molecular formula is C13H12ClF3N2O3. The lowest BCUT2D eigenvalue weighted by Crippen LogP contribution is -2.46. The Bertz CT molecular complexity index is 635. The van der Waals surface area contributed by atoms with Crippen LogP contribution in [0.25, 0.3) is 0 Å². The molecule has 1 fully saturated rings. The maximum Gasteiger partial charge on any atom is 0.417 e. The smallest absolute Gasteiger partial charge is 0.378 e. The van der Waals surface area contributed by atoms with Crippen LogP contribution in [-0.4, -0.2) is 40.5 Å². The summed E-state index contributed by atoms with van der Waals surface area (Å²) in [5.74, 6) is -1.71. The van der Waals surface area contributed by atoms with E-state index in [0.29, 0.717) is 6.07 Å². The second kappa shape index (κ2) is 5.44. The summed E-state index contributed by atoms with van der Waals surface area (Å²) < 4.78 is 38.4. The predicted molar refractivity (Wildman–Crippen MR) is 71.1 cm³/mol. The number of alkyl halides is 3. The van der Waals surface area contributed by atoms with Gasteiger partial charge >= 0.3 is 6.18 Å². The van der Waals surface area contributed by atoms with Crippen molar-refractivity contribution in [3.05, 3.63) is 34.3 Å². The van der Waals surface area contributed by atoms with Crippen molar-refractivity contribution in [1.29, 1.82) is 0 Å². The van der Waals surface area contributed by atoms with Gasteiger partial charge in [0.15, 0.2) is 5.60 Å². The van der Waals surface area contributed by atoms with Crippen molar-refractivity contribution in [2.24, 2.45) is 5.73 Å². The van der Waals surface area contributed by atoms with Crippen LogP contribution in [0, 0.1) is 0 Å². The first-order chi connectivity index (χ1) is 10.0. The molecule has 3 N–H and O–H groups in total. The van der Waals surface area contributed by atoms with Crippen molar-refractivity contribution in [3.63, 3.8) is 0 Å². The van der Waals surface area contributed by atoms with Gasteiger partial charge in [0.25, 0.3) is 11.8 Å². The van der Waals surface area contributed by atoms with Crippen LogP contribution in [0.2, 0.25) is 5.02 Å². The molecule has 1 atom stereocenters. The van der Waals surface area contributed by atoms with E-state index >= 15 is 0 Å². The Hall–Kier alpha value is -1.80. The molecule has 0 aromatic heterocycles.